The summed E-state index contributed by atoms with van der Waals surface area (Å²) in [6.07, 6.45) is 5.10. The van der Waals surface area contributed by atoms with Gasteiger partial charge < -0.3 is 16.0 Å². The van der Waals surface area contributed by atoms with Gasteiger partial charge in [-0.2, -0.15) is 5.10 Å². The smallest absolute Gasteiger partial charge is 0.239 e. The number of amides is 1. The molecule has 1 aliphatic carbocycles. The average Bonchev–Trinajstić information content (AvgIpc) is 2.94. The molecule has 0 aliphatic heterocycles. The molecular formula is C17H30N6O. The van der Waals surface area contributed by atoms with Crippen LogP contribution in [0.3, 0.4) is 0 Å². The molecule has 0 spiro atoms. The number of hydrogen-bond acceptors (Lipinski definition) is 3. The first-order valence-electron chi connectivity index (χ1n) is 8.72. The number of carbonyl (C=O) groups excluding carboxylic acids is 1. The van der Waals surface area contributed by atoms with Crippen LogP contribution in [0.4, 0.5) is 0 Å². The zero-order valence-corrected chi connectivity index (χ0v) is 15.4. The van der Waals surface area contributed by atoms with E-state index in [1.165, 1.54) is 11.3 Å². The zero-order valence-electron chi connectivity index (χ0n) is 15.4. The lowest BCUT2D eigenvalue weighted by atomic mass is 9.94. The molecule has 134 valence electrons. The van der Waals surface area contributed by atoms with E-state index < -0.39 is 0 Å². The Kier molecular flexibility index (Phi) is 6.23. The molecule has 0 radical (unpaired) electrons. The summed E-state index contributed by atoms with van der Waals surface area (Å²) in [6.45, 7) is 8.39. The van der Waals surface area contributed by atoms with Crippen molar-refractivity contribution in [3.63, 3.8) is 0 Å². The molecule has 0 fully saturated rings. The van der Waals surface area contributed by atoms with E-state index in [1.807, 2.05) is 18.5 Å². The number of hydrogen-bond donors (Lipinski definition) is 3. The maximum atomic E-state index is 11.7. The van der Waals surface area contributed by atoms with Crippen LogP contribution < -0.4 is 16.0 Å². The quantitative estimate of drug-likeness (QED) is 0.554. The topological polar surface area (TPSA) is 83.3 Å². The molecule has 1 atom stereocenters. The first-order chi connectivity index (χ1) is 11.4. The Labute approximate surface area is 144 Å². The zero-order chi connectivity index (χ0) is 17.7. The Morgan fingerprint density at radius 3 is 2.79 bits per heavy atom. The van der Waals surface area contributed by atoms with E-state index in [2.05, 4.69) is 41.0 Å². The second-order valence-electron chi connectivity index (χ2n) is 6.91. The van der Waals surface area contributed by atoms with E-state index in [9.17, 15) is 4.79 Å². The molecule has 2 rings (SSSR count). The number of carbonyl (C=O) groups is 1. The lowest BCUT2D eigenvalue weighted by Crippen LogP contribution is -2.48. The van der Waals surface area contributed by atoms with E-state index in [4.69, 9.17) is 5.10 Å². The van der Waals surface area contributed by atoms with Gasteiger partial charge >= 0.3 is 0 Å². The van der Waals surface area contributed by atoms with E-state index in [0.717, 1.165) is 19.3 Å². The van der Waals surface area contributed by atoms with Crippen LogP contribution in [0.5, 0.6) is 0 Å². The fourth-order valence-corrected chi connectivity index (χ4v) is 2.83. The van der Waals surface area contributed by atoms with Crippen molar-refractivity contribution in [1.29, 1.82) is 0 Å². The van der Waals surface area contributed by atoms with Crippen LogP contribution >= 0.6 is 0 Å². The molecule has 1 aliphatic rings. The summed E-state index contributed by atoms with van der Waals surface area (Å²) in [4.78, 5) is 15.9. The third kappa shape index (κ3) is 4.97. The number of rotatable bonds is 5. The molecule has 1 aromatic heterocycles. The minimum absolute atomic E-state index is 0.0328. The molecule has 0 saturated heterocycles. The molecule has 3 N–H and O–H groups in total. The lowest BCUT2D eigenvalue weighted by Gasteiger charge is -2.24. The van der Waals surface area contributed by atoms with Crippen molar-refractivity contribution in [2.45, 2.75) is 65.1 Å². The first kappa shape index (κ1) is 18.3. The van der Waals surface area contributed by atoms with Gasteiger partial charge in [-0.25, -0.2) is 0 Å². The summed E-state index contributed by atoms with van der Waals surface area (Å²) in [5.41, 5.74) is 2.52. The van der Waals surface area contributed by atoms with E-state index in [-0.39, 0.29) is 24.5 Å². The number of guanidine groups is 1. The first-order valence-corrected chi connectivity index (χ1v) is 8.72. The van der Waals surface area contributed by atoms with Crippen molar-refractivity contribution in [3.8, 4) is 0 Å². The summed E-state index contributed by atoms with van der Waals surface area (Å²) >= 11 is 0. The predicted molar refractivity (Wildman–Crippen MR) is 96.2 cm³/mol. The molecule has 7 nitrogen and oxygen atoms in total. The van der Waals surface area contributed by atoms with E-state index in [0.29, 0.717) is 12.0 Å². The van der Waals surface area contributed by atoms with Crippen LogP contribution in [0.25, 0.3) is 0 Å². The van der Waals surface area contributed by atoms with Crippen molar-refractivity contribution in [2.75, 3.05) is 13.6 Å². The molecule has 1 aromatic rings. The highest BCUT2D eigenvalue weighted by Crippen LogP contribution is 2.21. The van der Waals surface area contributed by atoms with Crippen LogP contribution in [-0.4, -0.2) is 47.3 Å². The van der Waals surface area contributed by atoms with Crippen molar-refractivity contribution in [1.82, 2.24) is 25.7 Å². The number of nitrogens with zero attached hydrogens (tertiary/aromatic N) is 3. The Hall–Kier alpha value is -2.05. The predicted octanol–water partition coefficient (Wildman–Crippen LogP) is 1.01. The van der Waals surface area contributed by atoms with Crippen LogP contribution in [0.1, 0.15) is 51.4 Å². The minimum Gasteiger partial charge on any atom is -0.353 e. The van der Waals surface area contributed by atoms with Gasteiger partial charge in [-0.1, -0.05) is 0 Å². The number of aryl methyl sites for hydroxylation is 1. The summed E-state index contributed by atoms with van der Waals surface area (Å²) in [6, 6.07) is 0.811. The highest BCUT2D eigenvalue weighted by Gasteiger charge is 2.23. The largest absolute Gasteiger partial charge is 0.353 e. The molecule has 24 heavy (non-hydrogen) atoms. The minimum atomic E-state index is -0.0328. The van der Waals surface area contributed by atoms with E-state index in [1.54, 1.807) is 7.05 Å². The third-order valence-electron chi connectivity index (χ3n) is 4.06. The van der Waals surface area contributed by atoms with Crippen molar-refractivity contribution in [3.05, 3.63) is 17.5 Å². The number of aromatic nitrogens is 2. The number of nitrogens with one attached hydrogen (secondary N) is 3. The second-order valence-corrected chi connectivity index (χ2v) is 6.91. The molecule has 7 heteroatoms. The fourth-order valence-electron chi connectivity index (χ4n) is 2.83. The van der Waals surface area contributed by atoms with Crippen LogP contribution in [0, 0.1) is 0 Å². The summed E-state index contributed by atoms with van der Waals surface area (Å²) < 4.78 is 2.04. The second kappa shape index (κ2) is 8.17. The van der Waals surface area contributed by atoms with Gasteiger partial charge in [-0.3, -0.25) is 14.5 Å². The summed E-state index contributed by atoms with van der Waals surface area (Å²) in [7, 11) is 1.72. The Balaban J connectivity index is 1.87. The SMILES string of the molecule is CN=C(NCC(=O)NC(C)C)NC1CCc2cn(C(C)C)nc2C1. The molecule has 1 unspecified atom stereocenters. The van der Waals surface area contributed by atoms with Crippen LogP contribution in [0.2, 0.25) is 0 Å². The normalized spacial score (nSPS) is 17.8. The summed E-state index contributed by atoms with van der Waals surface area (Å²) in [5, 5.41) is 14.0. The Morgan fingerprint density at radius 2 is 2.17 bits per heavy atom. The van der Waals surface area contributed by atoms with Crippen molar-refractivity contribution in [2.24, 2.45) is 4.99 Å². The fraction of sp³-hybridized carbons (Fsp3) is 0.706. The molecule has 0 aromatic carbocycles. The molecule has 0 bridgehead atoms. The van der Waals surface area contributed by atoms with Gasteiger partial charge in [0.1, 0.15) is 0 Å². The van der Waals surface area contributed by atoms with Crippen molar-refractivity contribution >= 4 is 11.9 Å². The molecule has 1 heterocycles. The number of fused-ring (bicyclic) bond motifs is 1. The van der Waals surface area contributed by atoms with Gasteiger partial charge in [0.25, 0.3) is 0 Å². The maximum Gasteiger partial charge on any atom is 0.239 e. The number of aliphatic imine (C=N–C) groups is 1. The van der Waals surface area contributed by atoms with E-state index >= 15 is 0 Å². The van der Waals surface area contributed by atoms with Gasteiger partial charge in [0.05, 0.1) is 12.2 Å². The van der Waals surface area contributed by atoms with Crippen LogP contribution in [0.15, 0.2) is 11.2 Å². The van der Waals surface area contributed by atoms with Crippen LogP contribution in [-0.2, 0) is 17.6 Å². The van der Waals surface area contributed by atoms with Crippen molar-refractivity contribution < 1.29 is 4.79 Å². The molecular weight excluding hydrogens is 304 g/mol. The van der Waals surface area contributed by atoms with Gasteiger partial charge in [-0.05, 0) is 46.1 Å². The highest BCUT2D eigenvalue weighted by molar-refractivity contribution is 5.86. The van der Waals surface area contributed by atoms with Gasteiger partial charge in [0, 0.05) is 37.8 Å². The molecule has 1 amide bonds. The van der Waals surface area contributed by atoms with Gasteiger partial charge in [0.2, 0.25) is 5.91 Å². The maximum absolute atomic E-state index is 11.7. The monoisotopic (exact) mass is 334 g/mol. The summed E-state index contributed by atoms with van der Waals surface area (Å²) in [5.74, 6) is 0.625. The average molecular weight is 334 g/mol. The Bertz CT molecular complexity index is 590. The highest BCUT2D eigenvalue weighted by atomic mass is 16.1. The van der Waals surface area contributed by atoms with Gasteiger partial charge in [0.15, 0.2) is 5.96 Å². The van der Waals surface area contributed by atoms with Gasteiger partial charge in [-0.15, -0.1) is 0 Å². The standard InChI is InChI=1S/C17H30N6O/c1-11(2)20-16(24)9-19-17(18-5)21-14-7-6-13-10-23(12(3)4)22-15(13)8-14/h10-12,14H,6-9H2,1-5H3,(H,20,24)(H2,18,19,21). The molecule has 0 saturated carbocycles. The Morgan fingerprint density at radius 1 is 1.42 bits per heavy atom. The lowest BCUT2D eigenvalue weighted by molar-refractivity contribution is -0.120. The third-order valence-corrected chi connectivity index (χ3v) is 4.06.